The number of hydrogen-bond acceptors (Lipinski definition) is 8. The third kappa shape index (κ3) is 4.80. The predicted molar refractivity (Wildman–Crippen MR) is 118 cm³/mol. The fraction of sp³-hybridized carbons (Fsp3) is 0.333. The SMILES string of the molecule is COc1ccc(-c2nc(C)c(-c3ccc(SCC(=O)N4CCOCC4)nn3)s2)cc1. The first kappa shape index (κ1) is 20.8. The summed E-state index contributed by atoms with van der Waals surface area (Å²) in [4.78, 5) is 19.8. The highest BCUT2D eigenvalue weighted by Gasteiger charge is 2.17. The molecule has 2 aromatic heterocycles. The van der Waals surface area contributed by atoms with Crippen molar-refractivity contribution in [3.8, 4) is 26.9 Å². The van der Waals surface area contributed by atoms with Gasteiger partial charge in [-0.3, -0.25) is 4.79 Å². The van der Waals surface area contributed by atoms with E-state index >= 15 is 0 Å². The number of aryl methyl sites for hydroxylation is 1. The summed E-state index contributed by atoms with van der Waals surface area (Å²) in [5.41, 5.74) is 2.74. The minimum Gasteiger partial charge on any atom is -0.497 e. The van der Waals surface area contributed by atoms with Gasteiger partial charge < -0.3 is 14.4 Å². The maximum atomic E-state index is 12.3. The van der Waals surface area contributed by atoms with Crippen LogP contribution in [0.5, 0.6) is 5.75 Å². The molecule has 0 saturated carbocycles. The molecule has 0 radical (unpaired) electrons. The molecule has 1 saturated heterocycles. The lowest BCUT2D eigenvalue weighted by atomic mass is 10.2. The van der Waals surface area contributed by atoms with Gasteiger partial charge in [0.2, 0.25) is 5.91 Å². The average molecular weight is 443 g/mol. The van der Waals surface area contributed by atoms with Gasteiger partial charge in [0.15, 0.2) is 0 Å². The lowest BCUT2D eigenvalue weighted by molar-refractivity contribution is -0.132. The Hall–Kier alpha value is -2.49. The average Bonchev–Trinajstić information content (AvgIpc) is 3.20. The summed E-state index contributed by atoms with van der Waals surface area (Å²) in [7, 11) is 1.65. The Morgan fingerprint density at radius 2 is 1.93 bits per heavy atom. The third-order valence-corrected chi connectivity index (χ3v) is 6.85. The number of methoxy groups -OCH3 is 1. The Morgan fingerprint density at radius 1 is 1.17 bits per heavy atom. The van der Waals surface area contributed by atoms with Gasteiger partial charge in [-0.05, 0) is 43.3 Å². The van der Waals surface area contributed by atoms with E-state index in [0.29, 0.717) is 32.1 Å². The van der Waals surface area contributed by atoms with Crippen LogP contribution < -0.4 is 4.74 Å². The highest BCUT2D eigenvalue weighted by molar-refractivity contribution is 7.99. The van der Waals surface area contributed by atoms with E-state index < -0.39 is 0 Å². The second-order valence-corrected chi connectivity index (χ2v) is 8.70. The zero-order chi connectivity index (χ0) is 20.9. The van der Waals surface area contributed by atoms with Gasteiger partial charge in [-0.25, -0.2) is 4.98 Å². The first-order valence-electron chi connectivity index (χ1n) is 9.58. The Morgan fingerprint density at radius 3 is 2.60 bits per heavy atom. The lowest BCUT2D eigenvalue weighted by Gasteiger charge is -2.26. The molecule has 0 aliphatic carbocycles. The number of rotatable bonds is 6. The summed E-state index contributed by atoms with van der Waals surface area (Å²) in [6.45, 7) is 4.51. The standard InChI is InChI=1S/C21H22N4O3S2/c1-14-20(30-21(22-14)15-3-5-16(27-2)6-4-15)17-7-8-18(24-23-17)29-13-19(26)25-9-11-28-12-10-25/h3-8H,9-13H2,1-2H3. The van der Waals surface area contributed by atoms with Crippen molar-refractivity contribution in [1.29, 1.82) is 0 Å². The van der Waals surface area contributed by atoms with Crippen LogP contribution in [0, 0.1) is 6.92 Å². The van der Waals surface area contributed by atoms with Crippen molar-refractivity contribution in [2.24, 2.45) is 0 Å². The van der Waals surface area contributed by atoms with Crippen LogP contribution in [0.2, 0.25) is 0 Å². The summed E-state index contributed by atoms with van der Waals surface area (Å²) < 4.78 is 10.5. The van der Waals surface area contributed by atoms with Gasteiger partial charge in [-0.1, -0.05) is 11.8 Å². The smallest absolute Gasteiger partial charge is 0.233 e. The van der Waals surface area contributed by atoms with Crippen molar-refractivity contribution >= 4 is 29.0 Å². The van der Waals surface area contributed by atoms with Crippen molar-refractivity contribution in [1.82, 2.24) is 20.1 Å². The molecule has 9 heteroatoms. The number of benzene rings is 1. The number of carbonyl (C=O) groups is 1. The molecule has 0 unspecified atom stereocenters. The van der Waals surface area contributed by atoms with Crippen LogP contribution in [0.3, 0.4) is 0 Å². The number of morpholine rings is 1. The zero-order valence-electron chi connectivity index (χ0n) is 16.8. The maximum Gasteiger partial charge on any atom is 0.233 e. The highest BCUT2D eigenvalue weighted by Crippen LogP contribution is 2.35. The fourth-order valence-corrected chi connectivity index (χ4v) is 4.80. The van der Waals surface area contributed by atoms with E-state index in [-0.39, 0.29) is 5.91 Å². The molecule has 4 rings (SSSR count). The third-order valence-electron chi connectivity index (χ3n) is 4.71. The molecule has 1 aliphatic rings. The molecule has 30 heavy (non-hydrogen) atoms. The largest absolute Gasteiger partial charge is 0.497 e. The molecule has 0 atom stereocenters. The molecule has 156 valence electrons. The molecule has 1 aromatic carbocycles. The van der Waals surface area contributed by atoms with Crippen LogP contribution in [0.1, 0.15) is 5.69 Å². The summed E-state index contributed by atoms with van der Waals surface area (Å²) in [6, 6.07) is 11.7. The van der Waals surface area contributed by atoms with Crippen LogP contribution in [0.4, 0.5) is 0 Å². The second-order valence-electron chi connectivity index (χ2n) is 6.70. The number of aromatic nitrogens is 3. The number of carbonyl (C=O) groups excluding carboxylic acids is 1. The normalized spacial score (nSPS) is 14.0. The lowest BCUT2D eigenvalue weighted by Crippen LogP contribution is -2.41. The first-order chi connectivity index (χ1) is 14.6. The van der Waals surface area contributed by atoms with Gasteiger partial charge in [0, 0.05) is 18.7 Å². The molecule has 0 spiro atoms. The molecule has 1 fully saturated rings. The monoisotopic (exact) mass is 442 g/mol. The number of thioether (sulfide) groups is 1. The molecular formula is C21H22N4O3S2. The molecule has 1 aliphatic heterocycles. The van der Waals surface area contributed by atoms with E-state index in [4.69, 9.17) is 14.5 Å². The van der Waals surface area contributed by atoms with Crippen LogP contribution in [-0.4, -0.2) is 65.2 Å². The van der Waals surface area contributed by atoms with Crippen molar-refractivity contribution in [3.05, 3.63) is 42.1 Å². The minimum absolute atomic E-state index is 0.108. The summed E-state index contributed by atoms with van der Waals surface area (Å²) >= 11 is 2.99. The van der Waals surface area contributed by atoms with E-state index in [1.165, 1.54) is 11.8 Å². The fourth-order valence-electron chi connectivity index (χ4n) is 3.05. The van der Waals surface area contributed by atoms with Crippen LogP contribution >= 0.6 is 23.1 Å². The summed E-state index contributed by atoms with van der Waals surface area (Å²) in [6.07, 6.45) is 0. The van der Waals surface area contributed by atoms with Gasteiger partial charge in [-0.15, -0.1) is 21.5 Å². The second kappa shape index (κ2) is 9.55. The molecule has 3 aromatic rings. The van der Waals surface area contributed by atoms with E-state index in [2.05, 4.69) is 10.2 Å². The maximum absolute atomic E-state index is 12.3. The molecule has 0 N–H and O–H groups in total. The number of nitrogens with zero attached hydrogens (tertiary/aromatic N) is 4. The minimum atomic E-state index is 0.108. The van der Waals surface area contributed by atoms with E-state index in [0.717, 1.165) is 37.6 Å². The van der Waals surface area contributed by atoms with Crippen molar-refractivity contribution in [3.63, 3.8) is 0 Å². The van der Waals surface area contributed by atoms with E-state index in [9.17, 15) is 4.79 Å². The Balaban J connectivity index is 1.42. The van der Waals surface area contributed by atoms with Gasteiger partial charge >= 0.3 is 0 Å². The number of ether oxygens (including phenoxy) is 2. The van der Waals surface area contributed by atoms with Crippen LogP contribution in [0.15, 0.2) is 41.4 Å². The Kier molecular flexibility index (Phi) is 6.61. The van der Waals surface area contributed by atoms with Crippen molar-refractivity contribution in [2.75, 3.05) is 39.2 Å². The van der Waals surface area contributed by atoms with Crippen molar-refractivity contribution < 1.29 is 14.3 Å². The van der Waals surface area contributed by atoms with Gasteiger partial charge in [0.25, 0.3) is 0 Å². The topological polar surface area (TPSA) is 77.4 Å². The van der Waals surface area contributed by atoms with Gasteiger partial charge in [0.1, 0.15) is 21.5 Å². The summed E-state index contributed by atoms with van der Waals surface area (Å²) in [5, 5.41) is 10.3. The highest BCUT2D eigenvalue weighted by atomic mass is 32.2. The summed E-state index contributed by atoms with van der Waals surface area (Å²) in [5.74, 6) is 1.28. The number of thiazole rings is 1. The Bertz CT molecular complexity index is 1000. The predicted octanol–water partition coefficient (Wildman–Crippen LogP) is 3.54. The van der Waals surface area contributed by atoms with Gasteiger partial charge in [-0.2, -0.15) is 0 Å². The van der Waals surface area contributed by atoms with Crippen molar-refractivity contribution in [2.45, 2.75) is 11.9 Å². The van der Waals surface area contributed by atoms with E-state index in [1.54, 1.807) is 18.4 Å². The van der Waals surface area contributed by atoms with E-state index in [1.807, 2.05) is 48.2 Å². The van der Waals surface area contributed by atoms with Crippen LogP contribution in [-0.2, 0) is 9.53 Å². The molecular weight excluding hydrogens is 420 g/mol. The number of hydrogen-bond donors (Lipinski definition) is 0. The Labute approximate surface area is 183 Å². The molecule has 3 heterocycles. The number of amides is 1. The molecule has 1 amide bonds. The van der Waals surface area contributed by atoms with Crippen LogP contribution in [0.25, 0.3) is 21.1 Å². The quantitative estimate of drug-likeness (QED) is 0.541. The first-order valence-corrected chi connectivity index (χ1v) is 11.4. The molecule has 7 nitrogen and oxygen atoms in total. The molecule has 0 bridgehead atoms. The van der Waals surface area contributed by atoms with Gasteiger partial charge in [0.05, 0.1) is 36.6 Å². The zero-order valence-corrected chi connectivity index (χ0v) is 18.5.